The number of carbonyl (C=O) groups is 1. The van der Waals surface area contributed by atoms with E-state index < -0.39 is 11.5 Å². The number of carboxylic acid groups (broad SMARTS) is 1. The molecule has 0 fully saturated rings. The van der Waals surface area contributed by atoms with Gasteiger partial charge in [-0.15, -0.1) is 0 Å². The van der Waals surface area contributed by atoms with Crippen LogP contribution in [0.15, 0.2) is 22.9 Å². The molecule has 1 unspecified atom stereocenters. The van der Waals surface area contributed by atoms with Gasteiger partial charge in [-0.2, -0.15) is 0 Å². The first-order valence-corrected chi connectivity index (χ1v) is 3.64. The van der Waals surface area contributed by atoms with Gasteiger partial charge in [0.2, 0.25) is 0 Å². The highest BCUT2D eigenvalue weighted by Gasteiger charge is 2.17. The molecule has 0 aromatic carbocycles. The van der Waals surface area contributed by atoms with Crippen molar-refractivity contribution in [2.75, 3.05) is 0 Å². The van der Waals surface area contributed by atoms with E-state index in [1.807, 2.05) is 0 Å². The number of carboxylic acids is 1. The molecule has 1 atom stereocenters. The minimum absolute atomic E-state index is 0.0610. The van der Waals surface area contributed by atoms with Crippen LogP contribution in [-0.4, -0.2) is 16.6 Å². The van der Waals surface area contributed by atoms with E-state index in [2.05, 4.69) is 5.32 Å². The van der Waals surface area contributed by atoms with Gasteiger partial charge in [0.15, 0.2) is 0 Å². The Balaban J connectivity index is 2.90. The van der Waals surface area contributed by atoms with Crippen LogP contribution in [0.4, 0.5) is 0 Å². The first kappa shape index (κ1) is 8.43. The van der Waals surface area contributed by atoms with Crippen molar-refractivity contribution in [3.05, 3.63) is 22.9 Å². The van der Waals surface area contributed by atoms with E-state index in [0.717, 1.165) is 0 Å². The molecule has 3 nitrogen and oxygen atoms in total. The summed E-state index contributed by atoms with van der Waals surface area (Å²) in [6.07, 6.45) is 3.02. The normalized spacial score (nSPS) is 23.3. The number of rotatable bonds is 1. The number of aliphatic carboxylic acids is 1. The molecule has 0 amide bonds. The fourth-order valence-corrected chi connectivity index (χ4v) is 1.06. The van der Waals surface area contributed by atoms with Gasteiger partial charge in [-0.05, 0) is 12.2 Å². The smallest absolute Gasteiger partial charge is 0.353 e. The topological polar surface area (TPSA) is 49.3 Å². The zero-order valence-corrected chi connectivity index (χ0v) is 6.86. The Bertz CT molecular complexity index is 247. The molecule has 1 rings (SSSR count). The maximum atomic E-state index is 10.4. The second-order valence-electron chi connectivity index (χ2n) is 1.93. The van der Waals surface area contributed by atoms with Gasteiger partial charge in [0.05, 0.1) is 5.03 Å². The zero-order chi connectivity index (χ0) is 8.43. The van der Waals surface area contributed by atoms with Crippen LogP contribution in [0.5, 0.6) is 0 Å². The molecule has 60 valence electrons. The van der Waals surface area contributed by atoms with Gasteiger partial charge in [-0.25, -0.2) is 4.79 Å². The molecule has 0 aromatic rings. The lowest BCUT2D eigenvalue weighted by molar-refractivity contribution is -0.133. The summed E-state index contributed by atoms with van der Waals surface area (Å²) in [6.45, 7) is 0. The summed E-state index contributed by atoms with van der Waals surface area (Å²) in [6, 6.07) is 0. The minimum atomic E-state index is -1.11. The van der Waals surface area contributed by atoms with Crippen molar-refractivity contribution in [1.29, 1.82) is 0 Å². The van der Waals surface area contributed by atoms with Crippen molar-refractivity contribution >= 4 is 29.2 Å². The summed E-state index contributed by atoms with van der Waals surface area (Å²) in [5.74, 6) is -1.11. The molecule has 0 aliphatic carbocycles. The molecule has 0 saturated heterocycles. The highest BCUT2D eigenvalue weighted by Crippen LogP contribution is 2.16. The summed E-state index contributed by atoms with van der Waals surface area (Å²) >= 11 is 11.1. The van der Waals surface area contributed by atoms with Gasteiger partial charge in [0.1, 0.15) is 11.2 Å². The largest absolute Gasteiger partial charge is 0.477 e. The quantitative estimate of drug-likeness (QED) is 0.487. The van der Waals surface area contributed by atoms with Gasteiger partial charge >= 0.3 is 5.97 Å². The monoisotopic (exact) mass is 193 g/mol. The maximum absolute atomic E-state index is 10.4. The summed E-state index contributed by atoms with van der Waals surface area (Å²) in [4.78, 5) is 10.4. The molecule has 0 bridgehead atoms. The third kappa shape index (κ3) is 1.88. The first-order chi connectivity index (χ1) is 5.11. The first-order valence-electron chi connectivity index (χ1n) is 2.83. The van der Waals surface area contributed by atoms with Crippen molar-refractivity contribution in [2.24, 2.45) is 0 Å². The lowest BCUT2D eigenvalue weighted by Gasteiger charge is -2.14. The minimum Gasteiger partial charge on any atom is -0.477 e. The highest BCUT2D eigenvalue weighted by molar-refractivity contribution is 6.33. The molecule has 0 saturated carbocycles. The molecule has 5 heteroatoms. The van der Waals surface area contributed by atoms with E-state index in [1.165, 1.54) is 6.08 Å². The number of hydrogen-bond donors (Lipinski definition) is 2. The van der Waals surface area contributed by atoms with E-state index in [1.54, 1.807) is 6.08 Å². The molecule has 1 aliphatic heterocycles. The van der Waals surface area contributed by atoms with Gasteiger partial charge in [-0.1, -0.05) is 23.2 Å². The average Bonchev–Trinajstić information content (AvgIpc) is 1.94. The van der Waals surface area contributed by atoms with E-state index in [-0.39, 0.29) is 10.7 Å². The Morgan fingerprint density at radius 2 is 2.36 bits per heavy atom. The lowest BCUT2D eigenvalue weighted by atomic mass is 10.3. The summed E-state index contributed by atoms with van der Waals surface area (Å²) in [5.41, 5.74) is -0.558. The zero-order valence-electron chi connectivity index (χ0n) is 5.34. The standard InChI is InChI=1S/C6H5Cl2NO2/c7-3-1-2-4(8)9-5(3)6(10)11/h1-2,4,9H,(H,10,11). The Kier molecular flexibility index (Phi) is 2.42. The predicted molar refractivity (Wildman–Crippen MR) is 42.4 cm³/mol. The van der Waals surface area contributed by atoms with E-state index in [9.17, 15) is 4.79 Å². The molecule has 0 aromatic heterocycles. The second-order valence-corrected chi connectivity index (χ2v) is 2.81. The molecule has 1 aliphatic rings. The van der Waals surface area contributed by atoms with E-state index in [0.29, 0.717) is 0 Å². The van der Waals surface area contributed by atoms with Crippen LogP contribution in [0.1, 0.15) is 0 Å². The maximum Gasteiger partial charge on any atom is 0.353 e. The Morgan fingerprint density at radius 1 is 1.73 bits per heavy atom. The van der Waals surface area contributed by atoms with Crippen LogP contribution in [0.3, 0.4) is 0 Å². The molecule has 2 N–H and O–H groups in total. The summed E-state index contributed by atoms with van der Waals surface area (Å²) < 4.78 is 0. The van der Waals surface area contributed by atoms with Crippen LogP contribution in [0.2, 0.25) is 0 Å². The highest BCUT2D eigenvalue weighted by atomic mass is 35.5. The summed E-state index contributed by atoms with van der Waals surface area (Å²) in [5, 5.41) is 11.2. The van der Waals surface area contributed by atoms with Crippen LogP contribution in [0, 0.1) is 0 Å². The second kappa shape index (κ2) is 3.15. The SMILES string of the molecule is O=C(O)C1=C(Cl)C=CC(Cl)N1. The molecule has 0 spiro atoms. The van der Waals surface area contributed by atoms with Crippen LogP contribution in [-0.2, 0) is 4.79 Å². The number of halogens is 2. The third-order valence-corrected chi connectivity index (χ3v) is 1.72. The predicted octanol–water partition coefficient (Wildman–Crippen LogP) is 1.25. The molecular formula is C6H5Cl2NO2. The van der Waals surface area contributed by atoms with E-state index >= 15 is 0 Å². The number of alkyl halides is 1. The number of hydrogen-bond acceptors (Lipinski definition) is 2. The van der Waals surface area contributed by atoms with Gasteiger partial charge in [0, 0.05) is 0 Å². The Morgan fingerprint density at radius 3 is 2.82 bits per heavy atom. The van der Waals surface area contributed by atoms with Crippen LogP contribution < -0.4 is 5.32 Å². The average molecular weight is 194 g/mol. The fourth-order valence-electron chi connectivity index (χ4n) is 0.671. The van der Waals surface area contributed by atoms with Crippen molar-refractivity contribution in [1.82, 2.24) is 5.32 Å². The molecule has 0 radical (unpaired) electrons. The van der Waals surface area contributed by atoms with Gasteiger partial charge < -0.3 is 10.4 Å². The third-order valence-electron chi connectivity index (χ3n) is 1.15. The van der Waals surface area contributed by atoms with Gasteiger partial charge in [-0.3, -0.25) is 0 Å². The number of dihydropyridines is 1. The Labute approximate surface area is 73.3 Å². The van der Waals surface area contributed by atoms with Crippen molar-refractivity contribution in [3.8, 4) is 0 Å². The number of nitrogens with one attached hydrogen (secondary N) is 1. The van der Waals surface area contributed by atoms with Gasteiger partial charge in [0.25, 0.3) is 0 Å². The van der Waals surface area contributed by atoms with Crippen molar-refractivity contribution in [3.63, 3.8) is 0 Å². The van der Waals surface area contributed by atoms with Crippen molar-refractivity contribution < 1.29 is 9.90 Å². The molecule has 1 heterocycles. The molecule has 11 heavy (non-hydrogen) atoms. The van der Waals surface area contributed by atoms with Crippen LogP contribution in [0.25, 0.3) is 0 Å². The van der Waals surface area contributed by atoms with Crippen molar-refractivity contribution in [2.45, 2.75) is 5.50 Å². The number of allylic oxidation sites excluding steroid dienone is 2. The summed E-state index contributed by atoms with van der Waals surface area (Å²) in [7, 11) is 0. The Hall–Kier alpha value is -0.670. The lowest BCUT2D eigenvalue weighted by Crippen LogP contribution is -2.29. The molecular weight excluding hydrogens is 189 g/mol. The van der Waals surface area contributed by atoms with Crippen LogP contribution >= 0.6 is 23.2 Å². The fraction of sp³-hybridized carbons (Fsp3) is 0.167. The van der Waals surface area contributed by atoms with E-state index in [4.69, 9.17) is 28.3 Å².